The predicted octanol–water partition coefficient (Wildman–Crippen LogP) is 4.99. The van der Waals surface area contributed by atoms with Gasteiger partial charge in [0.25, 0.3) is 0 Å². The summed E-state index contributed by atoms with van der Waals surface area (Å²) >= 11 is 0. The summed E-state index contributed by atoms with van der Waals surface area (Å²) < 4.78 is 6.49. The molecular formula is C25H26N2O. The Hall–Kier alpha value is -2.91. The first-order valence-corrected chi connectivity index (χ1v) is 9.87. The van der Waals surface area contributed by atoms with Crippen LogP contribution in [-0.2, 0) is 4.74 Å². The summed E-state index contributed by atoms with van der Waals surface area (Å²) in [5, 5.41) is 3.41. The third-order valence-electron chi connectivity index (χ3n) is 5.37. The molecule has 3 aliphatic rings. The SMILES string of the molecule is C/C=C\C(=C/C)C1=CC=NC2OC1C=CC1=C(c3ccccc3)C=CNCC12. The summed E-state index contributed by atoms with van der Waals surface area (Å²) in [6.07, 6.45) is 18.6. The standard InChI is InChI=1S/C25H26N2O/c1-3-8-18(4-2)21-14-16-27-25-23-17-26-15-13-20(19-9-6-5-7-10-19)22(23)11-12-24(21)28-25/h3-16,23-26H,17H2,1-2H3/b8-3-,18-4+. The molecule has 0 spiro atoms. The number of hydrogen-bond acceptors (Lipinski definition) is 3. The number of nitrogens with one attached hydrogen (secondary N) is 1. The van der Waals surface area contributed by atoms with Crippen molar-refractivity contribution in [3.63, 3.8) is 0 Å². The van der Waals surface area contributed by atoms with Crippen LogP contribution in [0, 0.1) is 5.92 Å². The second kappa shape index (κ2) is 8.41. The summed E-state index contributed by atoms with van der Waals surface area (Å²) in [6.45, 7) is 4.89. The van der Waals surface area contributed by atoms with Gasteiger partial charge in [-0.25, -0.2) is 0 Å². The molecule has 3 heterocycles. The van der Waals surface area contributed by atoms with Crippen molar-refractivity contribution in [2.24, 2.45) is 10.9 Å². The van der Waals surface area contributed by atoms with Crippen LogP contribution in [0.3, 0.4) is 0 Å². The Balaban J connectivity index is 1.81. The van der Waals surface area contributed by atoms with Gasteiger partial charge in [0.05, 0.1) is 0 Å². The summed E-state index contributed by atoms with van der Waals surface area (Å²) in [7, 11) is 0. The molecule has 142 valence electrons. The third-order valence-corrected chi connectivity index (χ3v) is 5.37. The first kappa shape index (κ1) is 18.5. The van der Waals surface area contributed by atoms with Crippen molar-refractivity contribution in [3.05, 3.63) is 101 Å². The van der Waals surface area contributed by atoms with Crippen molar-refractivity contribution in [1.82, 2.24) is 5.32 Å². The molecule has 0 saturated carbocycles. The van der Waals surface area contributed by atoms with Gasteiger partial charge in [0.1, 0.15) is 6.10 Å². The lowest BCUT2D eigenvalue weighted by Crippen LogP contribution is -2.32. The molecule has 0 saturated heterocycles. The van der Waals surface area contributed by atoms with E-state index in [1.54, 1.807) is 0 Å². The van der Waals surface area contributed by atoms with Crippen LogP contribution in [0.25, 0.3) is 5.57 Å². The summed E-state index contributed by atoms with van der Waals surface area (Å²) in [5.41, 5.74) is 6.02. The quantitative estimate of drug-likeness (QED) is 0.761. The van der Waals surface area contributed by atoms with Crippen molar-refractivity contribution in [1.29, 1.82) is 0 Å². The van der Waals surface area contributed by atoms with E-state index in [0.29, 0.717) is 0 Å². The van der Waals surface area contributed by atoms with E-state index in [2.05, 4.69) is 85.1 Å². The van der Waals surface area contributed by atoms with E-state index in [1.807, 2.05) is 19.3 Å². The van der Waals surface area contributed by atoms with Crippen LogP contribution in [0.5, 0.6) is 0 Å². The summed E-state index contributed by atoms with van der Waals surface area (Å²) in [5.74, 6) is 0.145. The summed E-state index contributed by atoms with van der Waals surface area (Å²) in [4.78, 5) is 4.77. The Kier molecular flexibility index (Phi) is 5.54. The molecule has 3 aliphatic heterocycles. The average Bonchev–Trinajstić information content (AvgIpc) is 3.14. The molecular weight excluding hydrogens is 344 g/mol. The number of nitrogens with zero attached hydrogens (tertiary/aromatic N) is 1. The molecule has 1 N–H and O–H groups in total. The number of rotatable bonds is 3. The first-order valence-electron chi connectivity index (χ1n) is 9.87. The normalized spacial score (nSPS) is 27.0. The molecule has 2 bridgehead atoms. The Morgan fingerprint density at radius 1 is 1.18 bits per heavy atom. The number of hydrogen-bond donors (Lipinski definition) is 1. The van der Waals surface area contributed by atoms with Crippen LogP contribution in [0.2, 0.25) is 0 Å². The minimum atomic E-state index is -0.224. The van der Waals surface area contributed by atoms with E-state index in [1.165, 1.54) is 22.3 Å². The van der Waals surface area contributed by atoms with Gasteiger partial charge in [-0.15, -0.1) is 0 Å². The molecule has 0 radical (unpaired) electrons. The van der Waals surface area contributed by atoms with E-state index in [9.17, 15) is 0 Å². The smallest absolute Gasteiger partial charge is 0.158 e. The molecule has 28 heavy (non-hydrogen) atoms. The Labute approximate surface area is 167 Å². The van der Waals surface area contributed by atoms with Crippen LogP contribution in [0.4, 0.5) is 0 Å². The van der Waals surface area contributed by atoms with Crippen LogP contribution < -0.4 is 5.32 Å². The zero-order chi connectivity index (χ0) is 19.3. The lowest BCUT2D eigenvalue weighted by Gasteiger charge is -2.25. The second-order valence-electron chi connectivity index (χ2n) is 7.05. The van der Waals surface area contributed by atoms with Crippen molar-refractivity contribution < 1.29 is 4.74 Å². The highest BCUT2D eigenvalue weighted by Gasteiger charge is 2.33. The van der Waals surface area contributed by atoms with E-state index in [4.69, 9.17) is 9.73 Å². The number of fused-ring (bicyclic) bond motifs is 4. The molecule has 0 aliphatic carbocycles. The highest BCUT2D eigenvalue weighted by molar-refractivity contribution is 5.80. The van der Waals surface area contributed by atoms with Gasteiger partial charge in [-0.3, -0.25) is 4.99 Å². The summed E-state index contributed by atoms with van der Waals surface area (Å²) in [6, 6.07) is 10.5. The van der Waals surface area contributed by atoms with Gasteiger partial charge in [-0.2, -0.15) is 0 Å². The fourth-order valence-electron chi connectivity index (χ4n) is 3.99. The van der Waals surface area contributed by atoms with Gasteiger partial charge in [0.15, 0.2) is 6.23 Å². The maximum absolute atomic E-state index is 6.49. The van der Waals surface area contributed by atoms with Gasteiger partial charge in [0, 0.05) is 18.7 Å². The predicted molar refractivity (Wildman–Crippen MR) is 117 cm³/mol. The molecule has 3 heteroatoms. The molecule has 0 aromatic heterocycles. The van der Waals surface area contributed by atoms with Gasteiger partial charge in [-0.1, -0.05) is 60.7 Å². The van der Waals surface area contributed by atoms with Gasteiger partial charge in [0.2, 0.25) is 0 Å². The van der Waals surface area contributed by atoms with Crippen molar-refractivity contribution in [3.8, 4) is 0 Å². The van der Waals surface area contributed by atoms with Crippen LogP contribution in [0.1, 0.15) is 19.4 Å². The van der Waals surface area contributed by atoms with Crippen molar-refractivity contribution in [2.45, 2.75) is 26.2 Å². The number of benzene rings is 1. The topological polar surface area (TPSA) is 33.6 Å². The average molecular weight is 370 g/mol. The molecule has 3 nitrogen and oxygen atoms in total. The first-order chi connectivity index (χ1) is 13.8. The second-order valence-corrected chi connectivity index (χ2v) is 7.05. The Morgan fingerprint density at radius 3 is 2.82 bits per heavy atom. The van der Waals surface area contributed by atoms with Crippen LogP contribution in [-0.4, -0.2) is 25.1 Å². The molecule has 0 amide bonds. The minimum Gasteiger partial charge on any atom is -0.390 e. The van der Waals surface area contributed by atoms with Crippen molar-refractivity contribution in [2.75, 3.05) is 6.54 Å². The third kappa shape index (κ3) is 3.58. The maximum atomic E-state index is 6.49. The minimum absolute atomic E-state index is 0.115. The lowest BCUT2D eigenvalue weighted by molar-refractivity contribution is 0.0169. The number of aliphatic imine (C=N–C) groups is 1. The number of ether oxygens (including phenoxy) is 1. The highest BCUT2D eigenvalue weighted by atomic mass is 16.5. The highest BCUT2D eigenvalue weighted by Crippen LogP contribution is 2.36. The fraction of sp³-hybridized carbons (Fsp3) is 0.240. The molecule has 4 rings (SSSR count). The Morgan fingerprint density at radius 2 is 2.04 bits per heavy atom. The van der Waals surface area contributed by atoms with E-state index >= 15 is 0 Å². The van der Waals surface area contributed by atoms with Crippen LogP contribution in [0.15, 0.2) is 101 Å². The zero-order valence-electron chi connectivity index (χ0n) is 16.4. The Bertz CT molecular complexity index is 929. The van der Waals surface area contributed by atoms with E-state index in [-0.39, 0.29) is 18.2 Å². The van der Waals surface area contributed by atoms with E-state index in [0.717, 1.165) is 12.1 Å². The number of allylic oxidation sites excluding steroid dienone is 7. The zero-order valence-corrected chi connectivity index (χ0v) is 16.4. The van der Waals surface area contributed by atoms with Gasteiger partial charge < -0.3 is 10.1 Å². The van der Waals surface area contributed by atoms with Gasteiger partial charge >= 0.3 is 0 Å². The maximum Gasteiger partial charge on any atom is 0.158 e. The molecule has 1 aromatic carbocycles. The largest absolute Gasteiger partial charge is 0.390 e. The molecule has 3 atom stereocenters. The van der Waals surface area contributed by atoms with E-state index < -0.39 is 0 Å². The molecule has 1 aromatic rings. The fourth-order valence-corrected chi connectivity index (χ4v) is 3.99. The lowest BCUT2D eigenvalue weighted by atomic mass is 9.89. The van der Waals surface area contributed by atoms with Gasteiger partial charge in [-0.05, 0) is 60.1 Å². The molecule has 3 unspecified atom stereocenters. The van der Waals surface area contributed by atoms with Crippen LogP contribution >= 0.6 is 0 Å². The monoisotopic (exact) mass is 370 g/mol. The van der Waals surface area contributed by atoms with Crippen molar-refractivity contribution >= 4 is 11.8 Å². The molecule has 0 fully saturated rings.